The number of rotatable bonds is 8. The summed E-state index contributed by atoms with van der Waals surface area (Å²) < 4.78 is 13.0. The van der Waals surface area contributed by atoms with Crippen molar-refractivity contribution in [2.45, 2.75) is 0 Å². The zero-order valence-corrected chi connectivity index (χ0v) is 33.7. The Labute approximate surface area is 358 Å². The number of furan rings is 2. The SMILES string of the molecule is c1ccc(-c2ccc(N(c3ccc(-c4ccccc4)cc3)c3ccc4oc5cc(N(c6ccc7ccccc7c6)c6ccc7oc8ccccc8c7c6)ccc5c4c3)cc2)cc1. The van der Waals surface area contributed by atoms with Crippen LogP contribution in [0.15, 0.2) is 239 Å². The Morgan fingerprint density at radius 3 is 1.26 bits per heavy atom. The molecule has 4 nitrogen and oxygen atoms in total. The monoisotopic (exact) mass is 794 g/mol. The van der Waals surface area contributed by atoms with Crippen LogP contribution in [0, 0.1) is 0 Å². The van der Waals surface area contributed by atoms with Crippen molar-refractivity contribution in [1.82, 2.24) is 0 Å². The van der Waals surface area contributed by atoms with Gasteiger partial charge in [0, 0.05) is 61.7 Å². The molecule has 0 aliphatic heterocycles. The van der Waals surface area contributed by atoms with Crippen LogP contribution in [0.3, 0.4) is 0 Å². The van der Waals surface area contributed by atoms with Gasteiger partial charge in [-0.25, -0.2) is 0 Å². The lowest BCUT2D eigenvalue weighted by Gasteiger charge is -2.26. The molecule has 4 heteroatoms. The van der Waals surface area contributed by atoms with Gasteiger partial charge in [-0.3, -0.25) is 0 Å². The average Bonchev–Trinajstić information content (AvgIpc) is 3.90. The third-order valence-corrected chi connectivity index (χ3v) is 12.0. The van der Waals surface area contributed by atoms with Gasteiger partial charge in [0.15, 0.2) is 0 Å². The fraction of sp³-hybridized carbons (Fsp3) is 0. The molecule has 0 atom stereocenters. The van der Waals surface area contributed by atoms with Crippen molar-refractivity contribution in [2.75, 3.05) is 9.80 Å². The van der Waals surface area contributed by atoms with Crippen LogP contribution in [0.2, 0.25) is 0 Å². The second-order valence-electron chi connectivity index (χ2n) is 15.8. The van der Waals surface area contributed by atoms with Crippen LogP contribution in [-0.2, 0) is 0 Å². The maximum Gasteiger partial charge on any atom is 0.137 e. The van der Waals surface area contributed by atoms with Crippen molar-refractivity contribution < 1.29 is 8.83 Å². The predicted octanol–water partition coefficient (Wildman–Crippen LogP) is 16.9. The maximum atomic E-state index is 6.72. The second kappa shape index (κ2) is 14.7. The summed E-state index contributed by atoms with van der Waals surface area (Å²) in [5.41, 5.74) is 14.4. The summed E-state index contributed by atoms with van der Waals surface area (Å²) in [6.07, 6.45) is 0. The summed E-state index contributed by atoms with van der Waals surface area (Å²) in [6.45, 7) is 0. The zero-order valence-electron chi connectivity index (χ0n) is 33.7. The molecule has 0 radical (unpaired) electrons. The van der Waals surface area contributed by atoms with Crippen LogP contribution < -0.4 is 9.80 Å². The van der Waals surface area contributed by atoms with Crippen molar-refractivity contribution in [3.8, 4) is 22.3 Å². The fourth-order valence-electron chi connectivity index (χ4n) is 8.96. The van der Waals surface area contributed by atoms with Gasteiger partial charge in [-0.1, -0.05) is 133 Å². The molecule has 0 aliphatic carbocycles. The molecule has 0 saturated heterocycles. The Morgan fingerprint density at radius 2 is 0.629 bits per heavy atom. The zero-order chi connectivity index (χ0) is 41.0. The van der Waals surface area contributed by atoms with Crippen molar-refractivity contribution in [2.24, 2.45) is 0 Å². The molecule has 0 spiro atoms. The molecule has 0 unspecified atom stereocenters. The highest BCUT2D eigenvalue weighted by Gasteiger charge is 2.20. The summed E-state index contributed by atoms with van der Waals surface area (Å²) in [7, 11) is 0. The lowest BCUT2D eigenvalue weighted by atomic mass is 10.0. The number of hydrogen-bond donors (Lipinski definition) is 0. The van der Waals surface area contributed by atoms with E-state index in [1.165, 1.54) is 33.0 Å². The maximum absolute atomic E-state index is 6.72. The molecule has 10 aromatic carbocycles. The molecule has 0 fully saturated rings. The predicted molar refractivity (Wildman–Crippen MR) is 259 cm³/mol. The standard InChI is InChI=1S/C58H38N2O2/c1-3-11-39(12-4-1)42-19-24-45(25-20-42)59(46-26-21-43(22-27-46)40-13-5-2-6-14-40)48-30-34-57-54(36-48)52-32-29-50(38-58(52)62-57)60(47-28-23-41-15-7-8-16-44(41)35-47)49-31-33-56-53(37-49)51-17-9-10-18-55(51)61-56/h1-38H. The minimum absolute atomic E-state index is 0.821. The van der Waals surface area contributed by atoms with Crippen molar-refractivity contribution in [3.05, 3.63) is 231 Å². The van der Waals surface area contributed by atoms with Crippen LogP contribution >= 0.6 is 0 Å². The molecule has 0 N–H and O–H groups in total. The summed E-state index contributed by atoms with van der Waals surface area (Å²) >= 11 is 0. The molecule has 12 rings (SSSR count). The molecule has 0 aliphatic rings. The van der Waals surface area contributed by atoms with Gasteiger partial charge in [0.05, 0.1) is 0 Å². The quantitative estimate of drug-likeness (QED) is 0.153. The van der Waals surface area contributed by atoms with Crippen molar-refractivity contribution in [3.63, 3.8) is 0 Å². The molecular formula is C58H38N2O2. The van der Waals surface area contributed by atoms with E-state index in [2.05, 4.69) is 228 Å². The number of anilines is 6. The Hall–Kier alpha value is -8.34. The molecule has 0 amide bonds. The van der Waals surface area contributed by atoms with E-state index < -0.39 is 0 Å². The molecule has 292 valence electrons. The molecular weight excluding hydrogens is 757 g/mol. The number of nitrogens with zero attached hydrogens (tertiary/aromatic N) is 2. The van der Waals surface area contributed by atoms with Gasteiger partial charge in [0.25, 0.3) is 0 Å². The van der Waals surface area contributed by atoms with Gasteiger partial charge < -0.3 is 18.6 Å². The summed E-state index contributed by atoms with van der Waals surface area (Å²) in [4.78, 5) is 4.64. The van der Waals surface area contributed by atoms with E-state index in [9.17, 15) is 0 Å². The number of para-hydroxylation sites is 1. The highest BCUT2D eigenvalue weighted by molar-refractivity contribution is 6.09. The lowest BCUT2D eigenvalue weighted by molar-refractivity contribution is 0.668. The first-order valence-electron chi connectivity index (χ1n) is 21.0. The Morgan fingerprint density at radius 1 is 0.226 bits per heavy atom. The van der Waals surface area contributed by atoms with Gasteiger partial charge in [0.2, 0.25) is 0 Å². The normalized spacial score (nSPS) is 11.5. The van der Waals surface area contributed by atoms with Crippen LogP contribution in [0.25, 0.3) is 76.9 Å². The molecule has 0 saturated carbocycles. The van der Waals surface area contributed by atoms with Gasteiger partial charge >= 0.3 is 0 Å². The first-order chi connectivity index (χ1) is 30.7. The molecule has 12 aromatic rings. The second-order valence-corrected chi connectivity index (χ2v) is 15.8. The van der Waals surface area contributed by atoms with E-state index >= 15 is 0 Å². The lowest BCUT2D eigenvalue weighted by Crippen LogP contribution is -2.10. The van der Waals surface area contributed by atoms with Gasteiger partial charge in [0.1, 0.15) is 22.3 Å². The van der Waals surface area contributed by atoms with E-state index in [4.69, 9.17) is 8.83 Å². The van der Waals surface area contributed by atoms with Crippen LogP contribution in [0.1, 0.15) is 0 Å². The topological polar surface area (TPSA) is 32.8 Å². The van der Waals surface area contributed by atoms with Crippen molar-refractivity contribution in [1.29, 1.82) is 0 Å². The average molecular weight is 795 g/mol. The molecule has 0 bridgehead atoms. The first-order valence-corrected chi connectivity index (χ1v) is 21.0. The van der Waals surface area contributed by atoms with E-state index in [1.54, 1.807) is 0 Å². The minimum atomic E-state index is 0.821. The van der Waals surface area contributed by atoms with Gasteiger partial charge in [-0.05, 0) is 124 Å². The van der Waals surface area contributed by atoms with E-state index in [0.717, 1.165) is 78.0 Å². The molecule has 2 heterocycles. The highest BCUT2D eigenvalue weighted by atomic mass is 16.3. The first kappa shape index (κ1) is 35.6. The summed E-state index contributed by atoms with van der Waals surface area (Å²) in [5.74, 6) is 0. The van der Waals surface area contributed by atoms with Crippen molar-refractivity contribution >= 4 is 88.8 Å². The Balaban J connectivity index is 0.976. The number of benzene rings is 10. The van der Waals surface area contributed by atoms with Crippen LogP contribution in [-0.4, -0.2) is 0 Å². The number of hydrogen-bond acceptors (Lipinski definition) is 4. The Kier molecular flexibility index (Phi) is 8.46. The van der Waals surface area contributed by atoms with Crippen LogP contribution in [0.5, 0.6) is 0 Å². The molecule has 62 heavy (non-hydrogen) atoms. The highest BCUT2D eigenvalue weighted by Crippen LogP contribution is 2.44. The van der Waals surface area contributed by atoms with Crippen LogP contribution in [0.4, 0.5) is 34.1 Å². The smallest absolute Gasteiger partial charge is 0.137 e. The third kappa shape index (κ3) is 6.25. The summed E-state index contributed by atoms with van der Waals surface area (Å²) in [6, 6.07) is 81.7. The third-order valence-electron chi connectivity index (χ3n) is 12.0. The van der Waals surface area contributed by atoms with Gasteiger partial charge in [-0.2, -0.15) is 0 Å². The van der Waals surface area contributed by atoms with E-state index in [-0.39, 0.29) is 0 Å². The summed E-state index contributed by atoms with van der Waals surface area (Å²) in [5, 5.41) is 6.66. The largest absolute Gasteiger partial charge is 0.456 e. The minimum Gasteiger partial charge on any atom is -0.456 e. The van der Waals surface area contributed by atoms with Gasteiger partial charge in [-0.15, -0.1) is 0 Å². The fourth-order valence-corrected chi connectivity index (χ4v) is 8.96. The molecule has 2 aromatic heterocycles. The Bertz CT molecular complexity index is 3490. The van der Waals surface area contributed by atoms with E-state index in [0.29, 0.717) is 0 Å². The van der Waals surface area contributed by atoms with E-state index in [1.807, 2.05) is 12.1 Å². The number of fused-ring (bicyclic) bond motifs is 7.